The van der Waals surface area contributed by atoms with Gasteiger partial charge in [0.05, 0.1) is 5.69 Å². The van der Waals surface area contributed by atoms with Crippen LogP contribution in [0.3, 0.4) is 0 Å². The molecule has 0 bridgehead atoms. The van der Waals surface area contributed by atoms with Gasteiger partial charge in [-0.1, -0.05) is 24.3 Å². The smallest absolute Gasteiger partial charge is 0.217 e. The number of halogens is 1. The highest BCUT2D eigenvalue weighted by Gasteiger charge is 2.08. The predicted octanol–water partition coefficient (Wildman–Crippen LogP) is 2.41. The molecule has 2 rings (SSSR count). The average molecular weight is 258 g/mol. The van der Waals surface area contributed by atoms with E-state index in [4.69, 9.17) is 5.84 Å². The summed E-state index contributed by atoms with van der Waals surface area (Å²) >= 11 is 0. The Bertz CT molecular complexity index is 569. The van der Waals surface area contributed by atoms with E-state index in [0.717, 1.165) is 5.69 Å². The Labute approximate surface area is 111 Å². The Morgan fingerprint density at radius 1 is 1.16 bits per heavy atom. The van der Waals surface area contributed by atoms with E-state index in [1.165, 1.54) is 12.1 Å². The number of hydrogen-bond acceptors (Lipinski definition) is 2. The first kappa shape index (κ1) is 13.0. The number of aliphatic imine (C=N–C) groups is 1. The number of anilines is 1. The third-order valence-electron chi connectivity index (χ3n) is 2.63. The van der Waals surface area contributed by atoms with Gasteiger partial charge in [0.15, 0.2) is 0 Å². The minimum absolute atomic E-state index is 0.305. The Hall–Kier alpha value is -2.40. The van der Waals surface area contributed by atoms with Gasteiger partial charge in [-0.2, -0.15) is 0 Å². The number of guanidine groups is 1. The van der Waals surface area contributed by atoms with Crippen molar-refractivity contribution in [3.05, 3.63) is 60.4 Å². The molecule has 5 heteroatoms. The van der Waals surface area contributed by atoms with E-state index in [9.17, 15) is 4.39 Å². The molecule has 0 fully saturated rings. The molecule has 0 amide bonds. The molecule has 0 aromatic heterocycles. The third-order valence-corrected chi connectivity index (χ3v) is 2.63. The summed E-state index contributed by atoms with van der Waals surface area (Å²) in [7, 11) is 1.76. The minimum Gasteiger partial charge on any atom is -0.314 e. The van der Waals surface area contributed by atoms with Crippen LogP contribution < -0.4 is 16.2 Å². The number of para-hydroxylation sites is 1. The highest BCUT2D eigenvalue weighted by atomic mass is 19.1. The Morgan fingerprint density at radius 2 is 1.89 bits per heavy atom. The van der Waals surface area contributed by atoms with Crippen LogP contribution in [-0.2, 0) is 0 Å². The topological polar surface area (TPSA) is 53.6 Å². The fourth-order valence-corrected chi connectivity index (χ4v) is 1.64. The Morgan fingerprint density at radius 3 is 2.53 bits per heavy atom. The Kier molecular flexibility index (Phi) is 4.10. The van der Waals surface area contributed by atoms with Gasteiger partial charge in [0.25, 0.3) is 0 Å². The van der Waals surface area contributed by atoms with E-state index in [2.05, 4.69) is 10.4 Å². The van der Waals surface area contributed by atoms with Gasteiger partial charge in [0.2, 0.25) is 5.96 Å². The zero-order valence-corrected chi connectivity index (χ0v) is 10.5. The van der Waals surface area contributed by atoms with Gasteiger partial charge in [0.1, 0.15) is 5.82 Å². The summed E-state index contributed by atoms with van der Waals surface area (Å²) in [5.41, 5.74) is 3.94. The minimum atomic E-state index is -0.305. The van der Waals surface area contributed by atoms with Crippen LogP contribution in [0, 0.1) is 5.82 Å². The zero-order chi connectivity index (χ0) is 13.7. The fraction of sp³-hybridized carbons (Fsp3) is 0.0714. The summed E-state index contributed by atoms with van der Waals surface area (Å²) in [6, 6.07) is 15.6. The first-order valence-electron chi connectivity index (χ1n) is 5.80. The van der Waals surface area contributed by atoms with Crippen LogP contribution in [-0.4, -0.2) is 13.0 Å². The van der Waals surface area contributed by atoms with Gasteiger partial charge in [-0.3, -0.25) is 5.43 Å². The molecule has 19 heavy (non-hydrogen) atoms. The molecular formula is C14H15FN4. The van der Waals surface area contributed by atoms with Crippen LogP contribution in [0.5, 0.6) is 0 Å². The molecule has 0 aliphatic heterocycles. The highest BCUT2D eigenvalue weighted by molar-refractivity contribution is 5.96. The number of nitrogens with one attached hydrogen (secondary N) is 1. The van der Waals surface area contributed by atoms with E-state index < -0.39 is 0 Å². The molecule has 2 aromatic rings. The first-order valence-corrected chi connectivity index (χ1v) is 5.80. The maximum atomic E-state index is 13.2. The van der Waals surface area contributed by atoms with Gasteiger partial charge in [-0.15, -0.1) is 0 Å². The molecule has 0 heterocycles. The van der Waals surface area contributed by atoms with Gasteiger partial charge < -0.3 is 4.90 Å². The second-order valence-corrected chi connectivity index (χ2v) is 3.95. The van der Waals surface area contributed by atoms with Crippen LogP contribution in [0.25, 0.3) is 0 Å². The van der Waals surface area contributed by atoms with E-state index in [-0.39, 0.29) is 5.82 Å². The molecule has 3 N–H and O–H groups in total. The summed E-state index contributed by atoms with van der Waals surface area (Å²) in [6.07, 6.45) is 0. The molecule has 0 saturated heterocycles. The first-order chi connectivity index (χ1) is 9.20. The van der Waals surface area contributed by atoms with E-state index in [1.54, 1.807) is 24.1 Å². The van der Waals surface area contributed by atoms with Crippen molar-refractivity contribution in [3.63, 3.8) is 0 Å². The van der Waals surface area contributed by atoms with Crippen molar-refractivity contribution in [3.8, 4) is 0 Å². The lowest BCUT2D eigenvalue weighted by Gasteiger charge is -2.20. The molecule has 0 atom stereocenters. The van der Waals surface area contributed by atoms with Gasteiger partial charge in [0, 0.05) is 12.7 Å². The number of nitrogens with two attached hydrogens (primary N) is 1. The number of nitrogens with zero attached hydrogens (tertiary/aromatic N) is 2. The van der Waals surface area contributed by atoms with Crippen molar-refractivity contribution in [2.24, 2.45) is 10.8 Å². The monoisotopic (exact) mass is 258 g/mol. The fourth-order valence-electron chi connectivity index (χ4n) is 1.64. The van der Waals surface area contributed by atoms with Crippen molar-refractivity contribution in [2.75, 3.05) is 11.9 Å². The van der Waals surface area contributed by atoms with Crippen LogP contribution in [0.1, 0.15) is 0 Å². The second kappa shape index (κ2) is 5.97. The molecule has 0 aliphatic rings. The number of rotatable bonds is 2. The maximum Gasteiger partial charge on any atom is 0.217 e. The average Bonchev–Trinajstić information content (AvgIpc) is 2.45. The molecule has 0 aliphatic carbocycles. The van der Waals surface area contributed by atoms with Gasteiger partial charge in [-0.25, -0.2) is 15.2 Å². The predicted molar refractivity (Wildman–Crippen MR) is 75.7 cm³/mol. The van der Waals surface area contributed by atoms with Crippen molar-refractivity contribution in [1.29, 1.82) is 0 Å². The van der Waals surface area contributed by atoms with Crippen LogP contribution in [0.2, 0.25) is 0 Å². The Balaban J connectivity index is 2.29. The summed E-state index contributed by atoms with van der Waals surface area (Å²) in [4.78, 5) is 6.04. The normalized spacial score (nSPS) is 11.2. The summed E-state index contributed by atoms with van der Waals surface area (Å²) < 4.78 is 13.2. The van der Waals surface area contributed by atoms with Gasteiger partial charge >= 0.3 is 0 Å². The lowest BCUT2D eigenvalue weighted by atomic mass is 10.3. The molecule has 4 nitrogen and oxygen atoms in total. The second-order valence-electron chi connectivity index (χ2n) is 3.95. The molecule has 0 unspecified atom stereocenters. The van der Waals surface area contributed by atoms with Crippen molar-refractivity contribution in [1.82, 2.24) is 5.43 Å². The quantitative estimate of drug-likeness (QED) is 0.376. The van der Waals surface area contributed by atoms with Crippen molar-refractivity contribution < 1.29 is 4.39 Å². The molecule has 2 aromatic carbocycles. The molecule has 0 saturated carbocycles. The van der Waals surface area contributed by atoms with Crippen LogP contribution in [0.15, 0.2) is 59.6 Å². The number of hydrazine groups is 1. The molecule has 0 spiro atoms. The lowest BCUT2D eigenvalue weighted by Crippen LogP contribution is -2.42. The largest absolute Gasteiger partial charge is 0.314 e. The number of benzene rings is 2. The summed E-state index contributed by atoms with van der Waals surface area (Å²) in [6.45, 7) is 0. The van der Waals surface area contributed by atoms with Gasteiger partial charge in [-0.05, 0) is 30.3 Å². The highest BCUT2D eigenvalue weighted by Crippen LogP contribution is 2.16. The van der Waals surface area contributed by atoms with Crippen LogP contribution >= 0.6 is 0 Å². The summed E-state index contributed by atoms with van der Waals surface area (Å²) in [5, 5.41) is 0. The third kappa shape index (κ3) is 3.29. The molecule has 0 radical (unpaired) electrons. The maximum absolute atomic E-state index is 13.2. The van der Waals surface area contributed by atoms with E-state index >= 15 is 0 Å². The van der Waals surface area contributed by atoms with Crippen molar-refractivity contribution in [2.45, 2.75) is 0 Å². The summed E-state index contributed by atoms with van der Waals surface area (Å²) in [5.74, 6) is 5.60. The van der Waals surface area contributed by atoms with Crippen LogP contribution in [0.4, 0.5) is 15.8 Å². The van der Waals surface area contributed by atoms with E-state index in [1.807, 2.05) is 30.3 Å². The number of hydrogen-bond donors (Lipinski definition) is 2. The SMILES string of the molecule is CN(C(=Nc1ccccc1)NN)c1cccc(F)c1. The molecular weight excluding hydrogens is 243 g/mol. The molecule has 98 valence electrons. The lowest BCUT2D eigenvalue weighted by molar-refractivity contribution is 0.628. The zero-order valence-electron chi connectivity index (χ0n) is 10.5. The van der Waals surface area contributed by atoms with E-state index in [0.29, 0.717) is 11.6 Å². The standard InChI is InChI=1S/C14H15FN4/c1-19(13-9-5-6-11(15)10-13)14(18-16)17-12-7-3-2-4-8-12/h2-10H,16H2,1H3,(H,17,18). The van der Waals surface area contributed by atoms with Crippen molar-refractivity contribution >= 4 is 17.3 Å².